The number of sulfonamides is 1. The highest BCUT2D eigenvalue weighted by Gasteiger charge is 2.50. The maximum atomic E-state index is 13.0. The quantitative estimate of drug-likeness (QED) is 0.579. The summed E-state index contributed by atoms with van der Waals surface area (Å²) in [5.41, 5.74) is 2.78. The van der Waals surface area contributed by atoms with Crippen LogP contribution in [0, 0.1) is 12.8 Å². The van der Waals surface area contributed by atoms with Crippen molar-refractivity contribution in [3.8, 4) is 0 Å². The molecule has 2 aromatic carbocycles. The van der Waals surface area contributed by atoms with Crippen molar-refractivity contribution in [1.82, 2.24) is 4.72 Å². The number of ether oxygens (including phenoxy) is 2. The topological polar surface area (TPSA) is 85.0 Å². The third-order valence-electron chi connectivity index (χ3n) is 5.48. The van der Waals surface area contributed by atoms with Gasteiger partial charge in [0.25, 0.3) is 0 Å². The van der Waals surface area contributed by atoms with E-state index in [-0.39, 0.29) is 16.9 Å². The standard InChI is InChI=1S/C22H25NO5S/c1-13(2)20-21(28-20)22(24)27-18-12-15-6-4-5-7-17(15)19(18)23-29(25,26)16-10-8-14(3)9-11-16/h4-11,13,18-21,23H,12H2,1-3H3/t18-,19+,20+,21-/m0/s1. The number of hydrogen-bond acceptors (Lipinski definition) is 5. The summed E-state index contributed by atoms with van der Waals surface area (Å²) < 4.78 is 39.8. The lowest BCUT2D eigenvalue weighted by molar-refractivity contribution is -0.151. The number of aryl methyl sites for hydroxylation is 1. The molecule has 6 nitrogen and oxygen atoms in total. The molecule has 0 unspecified atom stereocenters. The second-order valence-corrected chi connectivity index (χ2v) is 9.77. The van der Waals surface area contributed by atoms with Crippen LogP contribution in [0.15, 0.2) is 53.4 Å². The van der Waals surface area contributed by atoms with E-state index < -0.39 is 34.2 Å². The fourth-order valence-corrected chi connectivity index (χ4v) is 5.04. The van der Waals surface area contributed by atoms with E-state index in [2.05, 4.69) is 4.72 Å². The second kappa shape index (κ2) is 7.55. The number of nitrogens with one attached hydrogen (secondary N) is 1. The summed E-state index contributed by atoms with van der Waals surface area (Å²) in [6, 6.07) is 13.6. The van der Waals surface area contributed by atoms with Crippen LogP contribution in [-0.2, 0) is 30.7 Å². The lowest BCUT2D eigenvalue weighted by atomic mass is 10.1. The van der Waals surface area contributed by atoms with Gasteiger partial charge in [0, 0.05) is 6.42 Å². The Balaban J connectivity index is 1.56. The number of rotatable bonds is 6. The predicted molar refractivity (Wildman–Crippen MR) is 108 cm³/mol. The van der Waals surface area contributed by atoms with Gasteiger partial charge in [0.15, 0.2) is 6.10 Å². The highest BCUT2D eigenvalue weighted by atomic mass is 32.2. The molecule has 1 aliphatic heterocycles. The first kappa shape index (κ1) is 20.1. The molecule has 29 heavy (non-hydrogen) atoms. The molecule has 7 heteroatoms. The van der Waals surface area contributed by atoms with E-state index in [1.165, 1.54) is 0 Å². The summed E-state index contributed by atoms with van der Waals surface area (Å²) in [7, 11) is -3.77. The number of hydrogen-bond donors (Lipinski definition) is 1. The van der Waals surface area contributed by atoms with Gasteiger partial charge >= 0.3 is 5.97 Å². The first-order chi connectivity index (χ1) is 13.8. The normalized spacial score (nSPS) is 25.7. The summed E-state index contributed by atoms with van der Waals surface area (Å²) in [6.45, 7) is 5.88. The van der Waals surface area contributed by atoms with Crippen LogP contribution in [0.2, 0.25) is 0 Å². The summed E-state index contributed by atoms with van der Waals surface area (Å²) >= 11 is 0. The van der Waals surface area contributed by atoms with Gasteiger partial charge < -0.3 is 9.47 Å². The van der Waals surface area contributed by atoms with Crippen LogP contribution in [-0.4, -0.2) is 32.7 Å². The third kappa shape index (κ3) is 4.08. The average Bonchev–Trinajstić information content (AvgIpc) is 3.42. The van der Waals surface area contributed by atoms with E-state index in [0.717, 1.165) is 16.7 Å². The van der Waals surface area contributed by atoms with Crippen molar-refractivity contribution in [1.29, 1.82) is 0 Å². The largest absolute Gasteiger partial charge is 0.458 e. The Bertz CT molecular complexity index is 1020. The molecule has 4 rings (SSSR count). The molecule has 0 saturated carbocycles. The molecule has 1 N–H and O–H groups in total. The van der Waals surface area contributed by atoms with Gasteiger partial charge in [-0.25, -0.2) is 13.2 Å². The average molecular weight is 416 g/mol. The number of benzene rings is 2. The van der Waals surface area contributed by atoms with Crippen molar-refractivity contribution in [2.24, 2.45) is 5.92 Å². The number of fused-ring (bicyclic) bond motifs is 1. The first-order valence-corrected chi connectivity index (χ1v) is 11.3. The highest BCUT2D eigenvalue weighted by molar-refractivity contribution is 7.89. The molecule has 1 heterocycles. The zero-order chi connectivity index (χ0) is 20.8. The minimum atomic E-state index is -3.77. The van der Waals surface area contributed by atoms with E-state index in [4.69, 9.17) is 9.47 Å². The Morgan fingerprint density at radius 1 is 1.14 bits per heavy atom. The van der Waals surface area contributed by atoms with E-state index in [9.17, 15) is 13.2 Å². The van der Waals surface area contributed by atoms with E-state index in [1.807, 2.05) is 45.0 Å². The molecule has 2 aliphatic rings. The lowest BCUT2D eigenvalue weighted by Gasteiger charge is -2.22. The van der Waals surface area contributed by atoms with Crippen LogP contribution < -0.4 is 4.72 Å². The minimum absolute atomic E-state index is 0.131. The Hall–Kier alpha value is -2.22. The molecule has 1 aliphatic carbocycles. The van der Waals surface area contributed by atoms with Gasteiger partial charge in [-0.05, 0) is 36.1 Å². The summed E-state index contributed by atoms with van der Waals surface area (Å²) in [6.07, 6.45) is -0.846. The Morgan fingerprint density at radius 3 is 2.48 bits per heavy atom. The smallest absolute Gasteiger partial charge is 0.338 e. The number of carbonyl (C=O) groups is 1. The van der Waals surface area contributed by atoms with Crippen LogP contribution >= 0.6 is 0 Å². The molecule has 1 fully saturated rings. The molecule has 0 aromatic heterocycles. The van der Waals surface area contributed by atoms with E-state index in [1.54, 1.807) is 24.3 Å². The highest BCUT2D eigenvalue weighted by Crippen LogP contribution is 2.37. The van der Waals surface area contributed by atoms with Crippen LogP contribution in [0.4, 0.5) is 0 Å². The number of esters is 1. The van der Waals surface area contributed by atoms with Crippen molar-refractivity contribution >= 4 is 16.0 Å². The van der Waals surface area contributed by atoms with Gasteiger partial charge in [-0.15, -0.1) is 0 Å². The predicted octanol–water partition coefficient (Wildman–Crippen LogP) is 2.91. The van der Waals surface area contributed by atoms with Gasteiger partial charge in [0.2, 0.25) is 10.0 Å². The molecular weight excluding hydrogens is 390 g/mol. The first-order valence-electron chi connectivity index (χ1n) is 9.79. The summed E-state index contributed by atoms with van der Waals surface area (Å²) in [5.74, 6) is -0.204. The van der Waals surface area contributed by atoms with Crippen molar-refractivity contribution in [2.45, 2.75) is 56.4 Å². The van der Waals surface area contributed by atoms with E-state index >= 15 is 0 Å². The van der Waals surface area contributed by atoms with Crippen molar-refractivity contribution in [3.05, 3.63) is 65.2 Å². The monoisotopic (exact) mass is 415 g/mol. The summed E-state index contributed by atoms with van der Waals surface area (Å²) in [5, 5.41) is 0. The van der Waals surface area contributed by atoms with Gasteiger partial charge in [0.1, 0.15) is 6.10 Å². The molecule has 154 valence electrons. The van der Waals surface area contributed by atoms with Crippen LogP contribution in [0.1, 0.15) is 36.6 Å². The SMILES string of the molecule is Cc1ccc(S(=O)(=O)N[C@@H]2c3ccccc3C[C@@H]2OC(=O)[C@H]2O[C@@H]2C(C)C)cc1. The zero-order valence-corrected chi connectivity index (χ0v) is 17.5. The fraction of sp³-hybridized carbons (Fsp3) is 0.409. The van der Waals surface area contributed by atoms with Gasteiger partial charge in [-0.2, -0.15) is 4.72 Å². The molecule has 1 saturated heterocycles. The zero-order valence-electron chi connectivity index (χ0n) is 16.7. The Kier molecular flexibility index (Phi) is 5.23. The third-order valence-corrected chi connectivity index (χ3v) is 6.94. The molecule has 0 radical (unpaired) electrons. The molecule has 0 spiro atoms. The van der Waals surface area contributed by atoms with Crippen LogP contribution in [0.3, 0.4) is 0 Å². The number of epoxide rings is 1. The molecule has 2 aromatic rings. The molecule has 0 amide bonds. The molecule has 4 atom stereocenters. The number of carbonyl (C=O) groups excluding carboxylic acids is 1. The van der Waals surface area contributed by atoms with Gasteiger partial charge in [-0.3, -0.25) is 0 Å². The van der Waals surface area contributed by atoms with E-state index in [0.29, 0.717) is 6.42 Å². The maximum Gasteiger partial charge on any atom is 0.338 e. The maximum absolute atomic E-state index is 13.0. The van der Waals surface area contributed by atoms with Gasteiger partial charge in [-0.1, -0.05) is 55.8 Å². The molecular formula is C22H25NO5S. The minimum Gasteiger partial charge on any atom is -0.458 e. The molecule has 0 bridgehead atoms. The Labute approximate surface area is 171 Å². The van der Waals surface area contributed by atoms with Crippen LogP contribution in [0.25, 0.3) is 0 Å². The van der Waals surface area contributed by atoms with Crippen molar-refractivity contribution < 1.29 is 22.7 Å². The lowest BCUT2D eigenvalue weighted by Crippen LogP contribution is -2.37. The van der Waals surface area contributed by atoms with Crippen molar-refractivity contribution in [3.63, 3.8) is 0 Å². The van der Waals surface area contributed by atoms with Gasteiger partial charge in [0.05, 0.1) is 17.0 Å². The Morgan fingerprint density at radius 2 is 1.83 bits per heavy atom. The van der Waals surface area contributed by atoms with Crippen molar-refractivity contribution in [2.75, 3.05) is 0 Å². The van der Waals surface area contributed by atoms with Crippen LogP contribution in [0.5, 0.6) is 0 Å². The second-order valence-electron chi connectivity index (χ2n) is 8.06. The summed E-state index contributed by atoms with van der Waals surface area (Å²) in [4.78, 5) is 12.7. The fourth-order valence-electron chi connectivity index (χ4n) is 3.80.